The van der Waals surface area contributed by atoms with E-state index >= 15 is 0 Å². The summed E-state index contributed by atoms with van der Waals surface area (Å²) in [5.41, 5.74) is 0.0447. The number of carbonyl (C=O) groups is 1. The number of carboxylic acid groups (broad SMARTS) is 1. The molecular formula is C7H3N2O2-. The third kappa shape index (κ3) is 1.52. The van der Waals surface area contributed by atoms with Crippen molar-refractivity contribution in [1.29, 1.82) is 5.26 Å². The number of nitrogens with zero attached hydrogens (tertiary/aromatic N) is 2. The average Bonchev–Trinajstić information content (AvgIpc) is 2.05. The molecule has 0 saturated heterocycles. The Hall–Kier alpha value is -1.89. The highest BCUT2D eigenvalue weighted by Crippen LogP contribution is 1.98. The fraction of sp³-hybridized carbons (Fsp3) is 0. The average molecular weight is 147 g/mol. The molecule has 0 fully saturated rings. The first kappa shape index (κ1) is 7.22. The molecule has 0 unspecified atom stereocenters. The molecule has 0 radical (unpaired) electrons. The minimum Gasteiger partial charge on any atom is -0.545 e. The number of pyridine rings is 1. The second kappa shape index (κ2) is 2.80. The molecule has 0 aliphatic carbocycles. The van der Waals surface area contributed by atoms with Crippen LogP contribution >= 0.6 is 0 Å². The van der Waals surface area contributed by atoms with Crippen LogP contribution in [0.5, 0.6) is 0 Å². The van der Waals surface area contributed by atoms with E-state index in [2.05, 4.69) is 4.98 Å². The maximum absolute atomic E-state index is 10.2. The van der Waals surface area contributed by atoms with E-state index in [1.165, 1.54) is 12.3 Å². The number of carboxylic acids is 1. The zero-order chi connectivity index (χ0) is 8.27. The molecular weight excluding hydrogens is 144 g/mol. The van der Waals surface area contributed by atoms with Crippen LogP contribution in [0.15, 0.2) is 18.3 Å². The lowest BCUT2D eigenvalue weighted by Crippen LogP contribution is -2.22. The van der Waals surface area contributed by atoms with Gasteiger partial charge < -0.3 is 9.90 Å². The van der Waals surface area contributed by atoms with Crippen molar-refractivity contribution in [3.63, 3.8) is 0 Å². The fourth-order valence-electron chi connectivity index (χ4n) is 0.619. The topological polar surface area (TPSA) is 76.8 Å². The molecule has 0 N–H and O–H groups in total. The van der Waals surface area contributed by atoms with Crippen LogP contribution in [-0.2, 0) is 0 Å². The molecule has 0 saturated carbocycles. The predicted octanol–water partition coefficient (Wildman–Crippen LogP) is -0.683. The van der Waals surface area contributed by atoms with Gasteiger partial charge in [0.1, 0.15) is 11.8 Å². The van der Waals surface area contributed by atoms with Crippen molar-refractivity contribution < 1.29 is 9.90 Å². The number of aromatic nitrogens is 1. The van der Waals surface area contributed by atoms with Crippen LogP contribution < -0.4 is 5.11 Å². The minimum atomic E-state index is -1.30. The summed E-state index contributed by atoms with van der Waals surface area (Å²) in [4.78, 5) is 13.8. The zero-order valence-corrected chi connectivity index (χ0v) is 5.44. The highest BCUT2D eigenvalue weighted by atomic mass is 16.4. The van der Waals surface area contributed by atoms with Gasteiger partial charge >= 0.3 is 0 Å². The van der Waals surface area contributed by atoms with E-state index < -0.39 is 5.97 Å². The maximum Gasteiger partial charge on any atom is 0.141 e. The molecule has 0 aliphatic rings. The van der Waals surface area contributed by atoms with E-state index in [9.17, 15) is 9.90 Å². The summed E-state index contributed by atoms with van der Waals surface area (Å²) in [7, 11) is 0. The second-order valence-electron chi connectivity index (χ2n) is 1.83. The number of carbonyl (C=O) groups excluding carboxylic acids is 1. The van der Waals surface area contributed by atoms with Crippen LogP contribution in [0.3, 0.4) is 0 Å². The normalized spacial score (nSPS) is 8.64. The zero-order valence-electron chi connectivity index (χ0n) is 5.44. The van der Waals surface area contributed by atoms with Gasteiger partial charge in [0.2, 0.25) is 0 Å². The van der Waals surface area contributed by atoms with Crippen LogP contribution in [-0.4, -0.2) is 11.0 Å². The molecule has 0 spiro atoms. The SMILES string of the molecule is N#Cc1cc(C(=O)[O-])ccn1. The Morgan fingerprint density at radius 1 is 1.73 bits per heavy atom. The number of rotatable bonds is 1. The van der Waals surface area contributed by atoms with Crippen molar-refractivity contribution in [3.05, 3.63) is 29.6 Å². The predicted molar refractivity (Wildman–Crippen MR) is 33.3 cm³/mol. The lowest BCUT2D eigenvalue weighted by atomic mass is 10.2. The van der Waals surface area contributed by atoms with E-state index in [-0.39, 0.29) is 11.3 Å². The van der Waals surface area contributed by atoms with Crippen LogP contribution in [0.2, 0.25) is 0 Å². The second-order valence-corrected chi connectivity index (χ2v) is 1.83. The molecule has 11 heavy (non-hydrogen) atoms. The lowest BCUT2D eigenvalue weighted by molar-refractivity contribution is -0.255. The summed E-state index contributed by atoms with van der Waals surface area (Å²) in [6.45, 7) is 0. The summed E-state index contributed by atoms with van der Waals surface area (Å²) in [6.07, 6.45) is 1.25. The number of hydrogen-bond acceptors (Lipinski definition) is 4. The largest absolute Gasteiger partial charge is 0.545 e. The monoisotopic (exact) mass is 147 g/mol. The Balaban J connectivity index is 3.13. The van der Waals surface area contributed by atoms with Gasteiger partial charge in [-0.05, 0) is 12.1 Å². The quantitative estimate of drug-likeness (QED) is 0.527. The van der Waals surface area contributed by atoms with Crippen molar-refractivity contribution in [2.75, 3.05) is 0 Å². The third-order valence-electron chi connectivity index (χ3n) is 1.11. The summed E-state index contributed by atoms with van der Waals surface area (Å²) in [6, 6.07) is 4.16. The van der Waals surface area contributed by atoms with Gasteiger partial charge in [0.15, 0.2) is 0 Å². The van der Waals surface area contributed by atoms with E-state index in [4.69, 9.17) is 5.26 Å². The van der Waals surface area contributed by atoms with Crippen LogP contribution in [0.1, 0.15) is 16.1 Å². The summed E-state index contributed by atoms with van der Waals surface area (Å²) in [5.74, 6) is -1.30. The van der Waals surface area contributed by atoms with Gasteiger partial charge in [0.25, 0.3) is 0 Å². The third-order valence-corrected chi connectivity index (χ3v) is 1.11. The number of nitriles is 1. The maximum atomic E-state index is 10.2. The molecule has 54 valence electrons. The van der Waals surface area contributed by atoms with Crippen molar-refractivity contribution in [2.24, 2.45) is 0 Å². The first-order valence-electron chi connectivity index (χ1n) is 2.81. The van der Waals surface area contributed by atoms with E-state index in [1.54, 1.807) is 6.07 Å². The van der Waals surface area contributed by atoms with Gasteiger partial charge in [-0.15, -0.1) is 0 Å². The Morgan fingerprint density at radius 2 is 2.45 bits per heavy atom. The molecule has 1 rings (SSSR count). The van der Waals surface area contributed by atoms with Gasteiger partial charge in [0.05, 0.1) is 5.97 Å². The van der Waals surface area contributed by atoms with Crippen molar-refractivity contribution >= 4 is 5.97 Å². The van der Waals surface area contributed by atoms with Gasteiger partial charge in [-0.25, -0.2) is 4.98 Å². The Bertz CT molecular complexity index is 327. The molecule has 0 atom stereocenters. The fourth-order valence-corrected chi connectivity index (χ4v) is 0.619. The van der Waals surface area contributed by atoms with Gasteiger partial charge in [-0.3, -0.25) is 0 Å². The summed E-state index contributed by atoms with van der Waals surface area (Å²) >= 11 is 0. The number of hydrogen-bond donors (Lipinski definition) is 0. The van der Waals surface area contributed by atoms with E-state index in [0.717, 1.165) is 6.07 Å². The van der Waals surface area contributed by atoms with Crippen LogP contribution in [0.25, 0.3) is 0 Å². The lowest BCUT2D eigenvalue weighted by Gasteiger charge is -1.99. The van der Waals surface area contributed by atoms with Crippen molar-refractivity contribution in [1.82, 2.24) is 4.98 Å². The molecule has 1 aromatic rings. The molecule has 1 aromatic heterocycles. The highest BCUT2D eigenvalue weighted by Gasteiger charge is 1.94. The molecule has 0 bridgehead atoms. The van der Waals surface area contributed by atoms with E-state index in [0.29, 0.717) is 0 Å². The highest BCUT2D eigenvalue weighted by molar-refractivity contribution is 5.85. The minimum absolute atomic E-state index is 0.0310. The molecule has 1 heterocycles. The van der Waals surface area contributed by atoms with E-state index in [1.807, 2.05) is 0 Å². The standard InChI is InChI=1S/C7H4N2O2/c8-4-6-3-5(7(10)11)1-2-9-6/h1-3H,(H,10,11)/p-1. The van der Waals surface area contributed by atoms with Crippen molar-refractivity contribution in [2.45, 2.75) is 0 Å². The molecule has 0 aliphatic heterocycles. The molecule has 4 nitrogen and oxygen atoms in total. The first-order chi connectivity index (χ1) is 5.24. The summed E-state index contributed by atoms with van der Waals surface area (Å²) in [5, 5.41) is 18.5. The Labute approximate surface area is 62.7 Å². The smallest absolute Gasteiger partial charge is 0.141 e. The van der Waals surface area contributed by atoms with Crippen molar-refractivity contribution in [3.8, 4) is 6.07 Å². The molecule has 4 heteroatoms. The first-order valence-corrected chi connectivity index (χ1v) is 2.81. The number of aromatic carboxylic acids is 1. The Morgan fingerprint density at radius 3 is 3.00 bits per heavy atom. The van der Waals surface area contributed by atoms with Crippen LogP contribution in [0.4, 0.5) is 0 Å². The van der Waals surface area contributed by atoms with Gasteiger partial charge in [0, 0.05) is 11.8 Å². The Kier molecular flexibility index (Phi) is 1.83. The van der Waals surface area contributed by atoms with Crippen LogP contribution in [0, 0.1) is 11.3 Å². The molecule has 0 aromatic carbocycles. The van der Waals surface area contributed by atoms with Gasteiger partial charge in [-0.1, -0.05) is 0 Å². The van der Waals surface area contributed by atoms with Gasteiger partial charge in [-0.2, -0.15) is 5.26 Å². The summed E-state index contributed by atoms with van der Waals surface area (Å²) < 4.78 is 0. The molecule has 0 amide bonds.